The van der Waals surface area contributed by atoms with Crippen molar-refractivity contribution in [2.75, 3.05) is 0 Å². The van der Waals surface area contributed by atoms with Gasteiger partial charge in [-0.1, -0.05) is 17.7 Å². The molecule has 0 radical (unpaired) electrons. The second-order valence-electron chi connectivity index (χ2n) is 6.16. The van der Waals surface area contributed by atoms with Crippen molar-refractivity contribution in [1.82, 2.24) is 5.32 Å². The normalized spacial score (nSPS) is 14.9. The van der Waals surface area contributed by atoms with Crippen LogP contribution >= 0.6 is 0 Å². The van der Waals surface area contributed by atoms with Crippen LogP contribution in [0.15, 0.2) is 34.7 Å². The molecule has 1 aromatic carbocycles. The molecular formula is C18H19NO5. The summed E-state index contributed by atoms with van der Waals surface area (Å²) in [6.07, 6.45) is 0.884. The van der Waals surface area contributed by atoms with E-state index in [1.807, 2.05) is 32.0 Å². The van der Waals surface area contributed by atoms with E-state index in [-0.39, 0.29) is 12.4 Å². The first-order valence-corrected chi connectivity index (χ1v) is 7.74. The van der Waals surface area contributed by atoms with E-state index < -0.39 is 17.4 Å². The molecule has 24 heavy (non-hydrogen) atoms. The standard InChI is InChI=1S/C18H19NO5/c1-11-3-5-14(12(2)9-11)23-10-13-4-6-15(24-13)16(20)19-18(7-8-18)17(21)22/h3-6,9H,7-8,10H2,1-2H3,(H,19,20)(H,21,22). The largest absolute Gasteiger partial charge is 0.485 e. The molecule has 126 valence electrons. The zero-order chi connectivity index (χ0) is 17.3. The zero-order valence-electron chi connectivity index (χ0n) is 13.6. The van der Waals surface area contributed by atoms with Gasteiger partial charge in [-0.25, -0.2) is 4.79 Å². The molecule has 0 saturated heterocycles. The molecule has 0 aliphatic heterocycles. The van der Waals surface area contributed by atoms with Crippen molar-refractivity contribution in [3.05, 3.63) is 53.0 Å². The van der Waals surface area contributed by atoms with Crippen LogP contribution in [0.5, 0.6) is 5.75 Å². The molecule has 0 atom stereocenters. The van der Waals surface area contributed by atoms with Crippen molar-refractivity contribution in [1.29, 1.82) is 0 Å². The van der Waals surface area contributed by atoms with E-state index in [1.165, 1.54) is 6.07 Å². The highest BCUT2D eigenvalue weighted by atomic mass is 16.5. The Kier molecular flexibility index (Phi) is 4.05. The summed E-state index contributed by atoms with van der Waals surface area (Å²) in [5.74, 6) is -0.193. The quantitative estimate of drug-likeness (QED) is 0.851. The smallest absolute Gasteiger partial charge is 0.329 e. The molecule has 0 spiro atoms. The number of carboxylic acids is 1. The molecule has 1 amide bonds. The lowest BCUT2D eigenvalue weighted by molar-refractivity contribution is -0.140. The van der Waals surface area contributed by atoms with Gasteiger partial charge in [0.2, 0.25) is 0 Å². The topological polar surface area (TPSA) is 88.8 Å². The number of carbonyl (C=O) groups excluding carboxylic acids is 1. The van der Waals surface area contributed by atoms with Gasteiger partial charge in [0.1, 0.15) is 23.7 Å². The summed E-state index contributed by atoms with van der Waals surface area (Å²) in [6.45, 7) is 4.17. The van der Waals surface area contributed by atoms with Crippen molar-refractivity contribution in [3.63, 3.8) is 0 Å². The molecule has 2 aromatic rings. The minimum Gasteiger partial charge on any atom is -0.485 e. The average Bonchev–Trinajstić information content (AvgIpc) is 3.15. The minimum atomic E-state index is -1.13. The molecule has 6 nitrogen and oxygen atoms in total. The van der Waals surface area contributed by atoms with Crippen LogP contribution in [0.25, 0.3) is 0 Å². The van der Waals surface area contributed by atoms with Gasteiger partial charge in [-0.2, -0.15) is 0 Å². The first-order chi connectivity index (χ1) is 11.4. The van der Waals surface area contributed by atoms with E-state index in [0.29, 0.717) is 18.6 Å². The lowest BCUT2D eigenvalue weighted by Crippen LogP contribution is -2.42. The number of hydrogen-bond donors (Lipinski definition) is 2. The van der Waals surface area contributed by atoms with Crippen molar-refractivity contribution in [2.45, 2.75) is 38.8 Å². The molecule has 0 unspecified atom stereocenters. The van der Waals surface area contributed by atoms with Crippen LogP contribution in [0.3, 0.4) is 0 Å². The van der Waals surface area contributed by atoms with Crippen molar-refractivity contribution in [2.24, 2.45) is 0 Å². The van der Waals surface area contributed by atoms with E-state index >= 15 is 0 Å². The molecule has 1 heterocycles. The Balaban J connectivity index is 1.61. The van der Waals surface area contributed by atoms with Gasteiger partial charge in [0.15, 0.2) is 5.76 Å². The number of aliphatic carboxylic acids is 1. The van der Waals surface area contributed by atoms with Gasteiger partial charge in [-0.3, -0.25) is 4.79 Å². The van der Waals surface area contributed by atoms with Gasteiger partial charge < -0.3 is 19.6 Å². The predicted octanol–water partition coefficient (Wildman–Crippen LogP) is 2.82. The fourth-order valence-electron chi connectivity index (χ4n) is 2.48. The van der Waals surface area contributed by atoms with Crippen LogP contribution < -0.4 is 10.1 Å². The van der Waals surface area contributed by atoms with Crippen LogP contribution in [-0.2, 0) is 11.4 Å². The van der Waals surface area contributed by atoms with Crippen LogP contribution in [0, 0.1) is 13.8 Å². The molecule has 1 fully saturated rings. The summed E-state index contributed by atoms with van der Waals surface area (Å²) in [5.41, 5.74) is 1.06. The second-order valence-corrected chi connectivity index (χ2v) is 6.16. The van der Waals surface area contributed by atoms with Crippen molar-refractivity contribution < 1.29 is 23.8 Å². The average molecular weight is 329 g/mol. The van der Waals surface area contributed by atoms with E-state index in [1.54, 1.807) is 6.07 Å². The van der Waals surface area contributed by atoms with E-state index in [2.05, 4.69) is 5.32 Å². The Morgan fingerprint density at radius 3 is 2.62 bits per heavy atom. The highest BCUT2D eigenvalue weighted by molar-refractivity contribution is 5.97. The number of ether oxygens (including phenoxy) is 1. The SMILES string of the molecule is Cc1ccc(OCc2ccc(C(=O)NC3(C(=O)O)CC3)o2)c(C)c1. The summed E-state index contributed by atoms with van der Waals surface area (Å²) in [6, 6.07) is 9.05. The Morgan fingerprint density at radius 2 is 2.00 bits per heavy atom. The van der Waals surface area contributed by atoms with Gasteiger partial charge in [0, 0.05) is 0 Å². The van der Waals surface area contributed by atoms with E-state index in [4.69, 9.17) is 14.3 Å². The lowest BCUT2D eigenvalue weighted by atomic mass is 10.1. The van der Waals surface area contributed by atoms with Gasteiger partial charge >= 0.3 is 5.97 Å². The number of hydrogen-bond acceptors (Lipinski definition) is 4. The predicted molar refractivity (Wildman–Crippen MR) is 86.0 cm³/mol. The molecule has 1 aliphatic carbocycles. The summed E-state index contributed by atoms with van der Waals surface area (Å²) in [7, 11) is 0. The number of carboxylic acid groups (broad SMARTS) is 1. The van der Waals surface area contributed by atoms with Gasteiger partial charge in [-0.05, 0) is 50.5 Å². The van der Waals surface area contributed by atoms with E-state index in [9.17, 15) is 9.59 Å². The van der Waals surface area contributed by atoms with Gasteiger partial charge in [-0.15, -0.1) is 0 Å². The summed E-state index contributed by atoms with van der Waals surface area (Å²) < 4.78 is 11.2. The molecule has 1 saturated carbocycles. The molecule has 6 heteroatoms. The number of amides is 1. The van der Waals surface area contributed by atoms with Crippen LogP contribution in [0.2, 0.25) is 0 Å². The Bertz CT molecular complexity index is 788. The van der Waals surface area contributed by atoms with Crippen molar-refractivity contribution in [3.8, 4) is 5.75 Å². The maximum Gasteiger partial charge on any atom is 0.329 e. The second kappa shape index (κ2) is 6.03. The highest BCUT2D eigenvalue weighted by Gasteiger charge is 2.52. The number of nitrogens with one attached hydrogen (secondary N) is 1. The lowest BCUT2D eigenvalue weighted by Gasteiger charge is -2.10. The summed E-state index contributed by atoms with van der Waals surface area (Å²) in [4.78, 5) is 23.2. The highest BCUT2D eigenvalue weighted by Crippen LogP contribution is 2.35. The fourth-order valence-corrected chi connectivity index (χ4v) is 2.48. The molecule has 1 aromatic heterocycles. The summed E-state index contributed by atoms with van der Waals surface area (Å²) in [5, 5.41) is 11.6. The Morgan fingerprint density at radius 1 is 1.25 bits per heavy atom. The molecule has 1 aliphatic rings. The minimum absolute atomic E-state index is 0.0850. The number of furan rings is 1. The maximum atomic E-state index is 12.1. The fraction of sp³-hybridized carbons (Fsp3) is 0.333. The monoisotopic (exact) mass is 329 g/mol. The van der Waals surface area contributed by atoms with Gasteiger partial charge in [0.05, 0.1) is 0 Å². The zero-order valence-corrected chi connectivity index (χ0v) is 13.6. The Hall–Kier alpha value is -2.76. The van der Waals surface area contributed by atoms with Gasteiger partial charge in [0.25, 0.3) is 5.91 Å². The molecule has 2 N–H and O–H groups in total. The van der Waals surface area contributed by atoms with Crippen molar-refractivity contribution >= 4 is 11.9 Å². The third-order valence-electron chi connectivity index (χ3n) is 4.10. The summed E-state index contributed by atoms with van der Waals surface area (Å²) >= 11 is 0. The molecular weight excluding hydrogens is 310 g/mol. The number of aryl methyl sites for hydroxylation is 2. The van der Waals surface area contributed by atoms with Crippen LogP contribution in [0.1, 0.15) is 40.3 Å². The molecule has 3 rings (SSSR count). The third-order valence-corrected chi connectivity index (χ3v) is 4.10. The number of carbonyl (C=O) groups is 2. The first kappa shape index (κ1) is 16.1. The van der Waals surface area contributed by atoms with Crippen LogP contribution in [0.4, 0.5) is 0 Å². The third kappa shape index (κ3) is 3.27. The Labute approximate surface area is 139 Å². The maximum absolute atomic E-state index is 12.1. The van der Waals surface area contributed by atoms with E-state index in [0.717, 1.165) is 16.9 Å². The number of rotatable bonds is 6. The number of benzene rings is 1. The molecule has 0 bridgehead atoms. The first-order valence-electron chi connectivity index (χ1n) is 7.74. The van der Waals surface area contributed by atoms with Crippen LogP contribution in [-0.4, -0.2) is 22.5 Å².